The van der Waals surface area contributed by atoms with Gasteiger partial charge in [0.15, 0.2) is 5.13 Å². The molecule has 2 aromatic heterocycles. The molecule has 0 fully saturated rings. The number of nitrogens with one attached hydrogen (secondary N) is 1. The van der Waals surface area contributed by atoms with Crippen LogP contribution in [0.15, 0.2) is 46.6 Å². The number of carbonyl (C=O) groups excluding carboxylic acids is 2. The molecule has 26 heavy (non-hydrogen) atoms. The second-order valence-electron chi connectivity index (χ2n) is 6.00. The molecule has 0 atom stereocenters. The Labute approximate surface area is 154 Å². The molecule has 0 spiro atoms. The Morgan fingerprint density at radius 2 is 2.23 bits per heavy atom. The molecule has 0 unspecified atom stereocenters. The molecular formula is C19H17N3O3S. The van der Waals surface area contributed by atoms with E-state index in [0.29, 0.717) is 17.1 Å². The van der Waals surface area contributed by atoms with Crippen LogP contribution in [0.1, 0.15) is 29.3 Å². The number of nitrogens with zero attached hydrogens (tertiary/aromatic N) is 2. The topological polar surface area (TPSA) is 75.4 Å². The number of benzene rings is 1. The van der Waals surface area contributed by atoms with Gasteiger partial charge < -0.3 is 9.32 Å². The van der Waals surface area contributed by atoms with E-state index in [0.717, 1.165) is 35.5 Å². The van der Waals surface area contributed by atoms with Crippen molar-refractivity contribution in [3.05, 3.63) is 53.3 Å². The molecule has 1 aliphatic heterocycles. The molecule has 0 bridgehead atoms. The van der Waals surface area contributed by atoms with Crippen molar-refractivity contribution in [2.75, 3.05) is 16.8 Å². The summed E-state index contributed by atoms with van der Waals surface area (Å²) in [5.41, 5.74) is 4.39. The van der Waals surface area contributed by atoms with Gasteiger partial charge in [-0.1, -0.05) is 13.0 Å². The molecule has 0 saturated heterocycles. The molecule has 2 amide bonds. The van der Waals surface area contributed by atoms with E-state index in [-0.39, 0.29) is 11.8 Å². The van der Waals surface area contributed by atoms with Crippen LogP contribution in [-0.2, 0) is 11.2 Å². The highest BCUT2D eigenvalue weighted by Gasteiger charge is 2.24. The standard InChI is InChI=1S/C19H17N3O3S/c1-2-17(23)22-7-5-13-9-12(3-4-16(13)22)15-11-26-19(20-15)21-18(24)14-6-8-25-10-14/h3-4,6,8-11H,2,5,7H2,1H3,(H,20,21,24). The lowest BCUT2D eigenvalue weighted by molar-refractivity contribution is -0.118. The third-order valence-electron chi connectivity index (χ3n) is 4.38. The molecule has 3 heterocycles. The maximum atomic E-state index is 12.1. The van der Waals surface area contributed by atoms with E-state index >= 15 is 0 Å². The number of thiazole rings is 1. The van der Waals surface area contributed by atoms with Crippen molar-refractivity contribution in [2.24, 2.45) is 0 Å². The monoisotopic (exact) mass is 367 g/mol. The van der Waals surface area contributed by atoms with Crippen LogP contribution in [0.3, 0.4) is 0 Å². The average Bonchev–Trinajstić information content (AvgIpc) is 3.40. The van der Waals surface area contributed by atoms with Gasteiger partial charge in [-0.05, 0) is 30.2 Å². The Balaban J connectivity index is 1.53. The van der Waals surface area contributed by atoms with Crippen LogP contribution in [-0.4, -0.2) is 23.3 Å². The first kappa shape index (κ1) is 16.5. The van der Waals surface area contributed by atoms with Crippen LogP contribution in [0.25, 0.3) is 11.3 Å². The van der Waals surface area contributed by atoms with Gasteiger partial charge in [0.25, 0.3) is 5.91 Å². The number of fused-ring (bicyclic) bond motifs is 1. The largest absolute Gasteiger partial charge is 0.472 e. The number of aromatic nitrogens is 1. The molecule has 0 radical (unpaired) electrons. The first-order chi connectivity index (χ1) is 12.7. The Bertz CT molecular complexity index is 962. The van der Waals surface area contributed by atoms with Crippen molar-refractivity contribution in [3.63, 3.8) is 0 Å². The van der Waals surface area contributed by atoms with Gasteiger partial charge in [-0.25, -0.2) is 4.98 Å². The fourth-order valence-electron chi connectivity index (χ4n) is 3.04. The zero-order valence-corrected chi connectivity index (χ0v) is 15.0. The van der Waals surface area contributed by atoms with Crippen LogP contribution >= 0.6 is 11.3 Å². The molecule has 1 N–H and O–H groups in total. The van der Waals surface area contributed by atoms with E-state index in [4.69, 9.17) is 4.42 Å². The number of hydrogen-bond donors (Lipinski definition) is 1. The summed E-state index contributed by atoms with van der Waals surface area (Å²) in [6.07, 6.45) is 4.21. The molecule has 4 rings (SSSR count). The molecule has 1 aliphatic rings. The van der Waals surface area contributed by atoms with Crippen molar-refractivity contribution in [2.45, 2.75) is 19.8 Å². The lowest BCUT2D eigenvalue weighted by Crippen LogP contribution is -2.27. The van der Waals surface area contributed by atoms with Gasteiger partial charge in [-0.15, -0.1) is 11.3 Å². The Morgan fingerprint density at radius 3 is 3.00 bits per heavy atom. The van der Waals surface area contributed by atoms with E-state index in [1.807, 2.05) is 29.3 Å². The van der Waals surface area contributed by atoms with Crippen molar-refractivity contribution < 1.29 is 14.0 Å². The Kier molecular flexibility index (Phi) is 4.30. The number of rotatable bonds is 4. The van der Waals surface area contributed by atoms with E-state index < -0.39 is 0 Å². The van der Waals surface area contributed by atoms with Gasteiger partial charge in [-0.3, -0.25) is 14.9 Å². The minimum absolute atomic E-state index is 0.148. The summed E-state index contributed by atoms with van der Waals surface area (Å²) in [7, 11) is 0. The molecular weight excluding hydrogens is 350 g/mol. The Hall–Kier alpha value is -2.93. The highest BCUT2D eigenvalue weighted by atomic mass is 32.1. The number of amides is 2. The van der Waals surface area contributed by atoms with Gasteiger partial charge in [0.1, 0.15) is 6.26 Å². The van der Waals surface area contributed by atoms with E-state index in [9.17, 15) is 9.59 Å². The van der Waals surface area contributed by atoms with E-state index in [1.165, 1.54) is 23.9 Å². The second kappa shape index (κ2) is 6.76. The normalized spacial score (nSPS) is 12.9. The molecule has 1 aromatic carbocycles. The summed E-state index contributed by atoms with van der Waals surface area (Å²) >= 11 is 1.37. The van der Waals surface area contributed by atoms with Crippen molar-refractivity contribution in [1.29, 1.82) is 0 Å². The number of hydrogen-bond acceptors (Lipinski definition) is 5. The lowest BCUT2D eigenvalue weighted by Gasteiger charge is -2.16. The third kappa shape index (κ3) is 3.01. The molecule has 6 nitrogen and oxygen atoms in total. The molecule has 7 heteroatoms. The van der Waals surface area contributed by atoms with E-state index in [1.54, 1.807) is 6.07 Å². The fraction of sp³-hybridized carbons (Fsp3) is 0.211. The molecule has 132 valence electrons. The quantitative estimate of drug-likeness (QED) is 0.757. The van der Waals surface area contributed by atoms with Crippen LogP contribution in [0.5, 0.6) is 0 Å². The highest BCUT2D eigenvalue weighted by Crippen LogP contribution is 2.33. The number of furan rings is 1. The molecule has 0 aliphatic carbocycles. The minimum atomic E-state index is -0.248. The van der Waals surface area contributed by atoms with Crippen LogP contribution in [0.2, 0.25) is 0 Å². The average molecular weight is 367 g/mol. The minimum Gasteiger partial charge on any atom is -0.472 e. The first-order valence-corrected chi connectivity index (χ1v) is 9.26. The zero-order chi connectivity index (χ0) is 18.1. The van der Waals surface area contributed by atoms with Gasteiger partial charge in [0.2, 0.25) is 5.91 Å². The molecule has 0 saturated carbocycles. The second-order valence-corrected chi connectivity index (χ2v) is 6.85. The summed E-state index contributed by atoms with van der Waals surface area (Å²) in [6.45, 7) is 2.61. The number of anilines is 2. The maximum absolute atomic E-state index is 12.1. The van der Waals surface area contributed by atoms with Crippen molar-refractivity contribution in [1.82, 2.24) is 4.98 Å². The summed E-state index contributed by atoms with van der Waals surface area (Å²) in [6, 6.07) is 7.63. The summed E-state index contributed by atoms with van der Waals surface area (Å²) in [5.74, 6) is -0.100. The predicted octanol–water partition coefficient (Wildman–Crippen LogP) is 3.95. The van der Waals surface area contributed by atoms with E-state index in [2.05, 4.69) is 16.4 Å². The van der Waals surface area contributed by atoms with Crippen LogP contribution < -0.4 is 10.2 Å². The first-order valence-electron chi connectivity index (χ1n) is 8.38. The smallest absolute Gasteiger partial charge is 0.260 e. The van der Waals surface area contributed by atoms with Gasteiger partial charge in [-0.2, -0.15) is 0 Å². The maximum Gasteiger partial charge on any atom is 0.260 e. The van der Waals surface area contributed by atoms with Gasteiger partial charge in [0, 0.05) is 29.6 Å². The SMILES string of the molecule is CCC(=O)N1CCc2cc(-c3csc(NC(=O)c4ccoc4)n3)ccc21. The van der Waals surface area contributed by atoms with Gasteiger partial charge >= 0.3 is 0 Å². The summed E-state index contributed by atoms with van der Waals surface area (Å²) in [4.78, 5) is 30.4. The predicted molar refractivity (Wildman–Crippen MR) is 101 cm³/mol. The van der Waals surface area contributed by atoms with Crippen LogP contribution in [0.4, 0.5) is 10.8 Å². The summed E-state index contributed by atoms with van der Waals surface area (Å²) in [5, 5.41) is 5.22. The van der Waals surface area contributed by atoms with Crippen LogP contribution in [0, 0.1) is 0 Å². The Morgan fingerprint density at radius 1 is 1.35 bits per heavy atom. The lowest BCUT2D eigenvalue weighted by atomic mass is 10.1. The van der Waals surface area contributed by atoms with Gasteiger partial charge in [0.05, 0.1) is 17.5 Å². The number of carbonyl (C=O) groups is 2. The fourth-order valence-corrected chi connectivity index (χ4v) is 3.75. The third-order valence-corrected chi connectivity index (χ3v) is 5.14. The van der Waals surface area contributed by atoms with Crippen molar-refractivity contribution in [3.8, 4) is 11.3 Å². The molecule has 3 aromatic rings. The zero-order valence-electron chi connectivity index (χ0n) is 14.2. The van der Waals surface area contributed by atoms with Crippen molar-refractivity contribution >= 4 is 34.0 Å². The highest BCUT2D eigenvalue weighted by molar-refractivity contribution is 7.14. The summed E-state index contributed by atoms with van der Waals surface area (Å²) < 4.78 is 4.92.